The van der Waals surface area contributed by atoms with Crippen molar-refractivity contribution in [1.29, 1.82) is 0 Å². The summed E-state index contributed by atoms with van der Waals surface area (Å²) in [6.07, 6.45) is 0.832. The van der Waals surface area contributed by atoms with Gasteiger partial charge >= 0.3 is 0 Å². The Hall–Kier alpha value is -2.89. The van der Waals surface area contributed by atoms with Gasteiger partial charge < -0.3 is 23.8 Å². The van der Waals surface area contributed by atoms with E-state index in [9.17, 15) is 4.79 Å². The molecule has 130 valence electrons. The SMILES string of the molecule is CN(Cc1cccc2c1OCO2)C(=O)c1ccc2c(c1)OCCCO2. The van der Waals surface area contributed by atoms with E-state index in [4.69, 9.17) is 18.9 Å². The predicted octanol–water partition coefficient (Wildman–Crippen LogP) is 2.85. The maximum atomic E-state index is 12.8. The number of ether oxygens (including phenoxy) is 4. The number of para-hydroxylation sites is 1. The first-order valence-electron chi connectivity index (χ1n) is 8.25. The molecule has 6 nitrogen and oxygen atoms in total. The molecule has 6 heteroatoms. The molecule has 0 atom stereocenters. The number of amides is 1. The van der Waals surface area contributed by atoms with Crippen LogP contribution in [0.1, 0.15) is 22.3 Å². The molecule has 0 spiro atoms. The molecule has 0 bridgehead atoms. The van der Waals surface area contributed by atoms with E-state index in [2.05, 4.69) is 0 Å². The molecule has 2 aromatic carbocycles. The van der Waals surface area contributed by atoms with Crippen molar-refractivity contribution in [2.45, 2.75) is 13.0 Å². The van der Waals surface area contributed by atoms with E-state index in [0.29, 0.717) is 48.3 Å². The van der Waals surface area contributed by atoms with E-state index in [1.807, 2.05) is 18.2 Å². The highest BCUT2D eigenvalue weighted by molar-refractivity contribution is 5.94. The van der Waals surface area contributed by atoms with Crippen molar-refractivity contribution in [1.82, 2.24) is 4.90 Å². The molecule has 2 heterocycles. The summed E-state index contributed by atoms with van der Waals surface area (Å²) in [6.45, 7) is 1.86. The summed E-state index contributed by atoms with van der Waals surface area (Å²) in [5.74, 6) is 2.64. The Labute approximate surface area is 145 Å². The standard InChI is InChI=1S/C19H19NO5/c1-20(11-14-4-2-5-16-18(14)25-12-24-16)19(21)13-6-7-15-17(10-13)23-9-3-8-22-15/h2,4-7,10H,3,8-9,11-12H2,1H3. The fourth-order valence-electron chi connectivity index (χ4n) is 2.96. The Bertz CT molecular complexity index is 804. The fourth-order valence-corrected chi connectivity index (χ4v) is 2.96. The molecule has 2 aliphatic heterocycles. The molecule has 0 radical (unpaired) electrons. The molecule has 25 heavy (non-hydrogen) atoms. The first-order chi connectivity index (χ1) is 12.2. The van der Waals surface area contributed by atoms with Gasteiger partial charge in [-0.2, -0.15) is 0 Å². The van der Waals surface area contributed by atoms with Crippen molar-refractivity contribution in [2.24, 2.45) is 0 Å². The van der Waals surface area contributed by atoms with E-state index >= 15 is 0 Å². The Kier molecular flexibility index (Phi) is 4.09. The topological polar surface area (TPSA) is 57.2 Å². The fraction of sp³-hybridized carbons (Fsp3) is 0.316. The van der Waals surface area contributed by atoms with Crippen LogP contribution in [-0.2, 0) is 6.54 Å². The highest BCUT2D eigenvalue weighted by Gasteiger charge is 2.21. The van der Waals surface area contributed by atoms with Crippen LogP contribution in [0.25, 0.3) is 0 Å². The average Bonchev–Trinajstić information content (AvgIpc) is 2.99. The highest BCUT2D eigenvalue weighted by atomic mass is 16.7. The Morgan fingerprint density at radius 2 is 1.84 bits per heavy atom. The third-order valence-electron chi connectivity index (χ3n) is 4.23. The number of benzene rings is 2. The van der Waals surface area contributed by atoms with Crippen LogP contribution in [0.2, 0.25) is 0 Å². The average molecular weight is 341 g/mol. The first kappa shape index (κ1) is 15.6. The van der Waals surface area contributed by atoms with Gasteiger partial charge in [0.1, 0.15) is 0 Å². The summed E-state index contributed by atoms with van der Waals surface area (Å²) in [7, 11) is 1.76. The lowest BCUT2D eigenvalue weighted by molar-refractivity contribution is 0.0783. The second-order valence-corrected chi connectivity index (χ2v) is 6.02. The van der Waals surface area contributed by atoms with Crippen molar-refractivity contribution in [3.8, 4) is 23.0 Å². The zero-order chi connectivity index (χ0) is 17.2. The van der Waals surface area contributed by atoms with Crippen molar-refractivity contribution in [3.63, 3.8) is 0 Å². The zero-order valence-corrected chi connectivity index (χ0v) is 14.0. The number of hydrogen-bond donors (Lipinski definition) is 0. The van der Waals surface area contributed by atoms with Gasteiger partial charge in [-0.05, 0) is 24.3 Å². The van der Waals surface area contributed by atoms with E-state index in [0.717, 1.165) is 12.0 Å². The van der Waals surface area contributed by atoms with Crippen molar-refractivity contribution < 1.29 is 23.7 Å². The summed E-state index contributed by atoms with van der Waals surface area (Å²) >= 11 is 0. The molecular formula is C19H19NO5. The molecule has 1 amide bonds. The first-order valence-corrected chi connectivity index (χ1v) is 8.25. The molecule has 4 rings (SSSR count). The Morgan fingerprint density at radius 1 is 1.00 bits per heavy atom. The van der Waals surface area contributed by atoms with Crippen LogP contribution >= 0.6 is 0 Å². The van der Waals surface area contributed by atoms with Gasteiger partial charge in [0.25, 0.3) is 5.91 Å². The van der Waals surface area contributed by atoms with Crippen LogP contribution in [-0.4, -0.2) is 37.9 Å². The Balaban J connectivity index is 1.53. The van der Waals surface area contributed by atoms with Gasteiger partial charge in [-0.3, -0.25) is 4.79 Å². The van der Waals surface area contributed by atoms with Crippen molar-refractivity contribution in [2.75, 3.05) is 27.1 Å². The number of hydrogen-bond acceptors (Lipinski definition) is 5. The molecule has 0 aromatic heterocycles. The molecule has 0 fully saturated rings. The molecule has 0 saturated carbocycles. The van der Waals surface area contributed by atoms with Crippen LogP contribution in [0, 0.1) is 0 Å². The molecule has 0 unspecified atom stereocenters. The minimum Gasteiger partial charge on any atom is -0.490 e. The minimum atomic E-state index is -0.0906. The maximum Gasteiger partial charge on any atom is 0.254 e. The highest BCUT2D eigenvalue weighted by Crippen LogP contribution is 2.36. The van der Waals surface area contributed by atoms with Crippen LogP contribution in [0.3, 0.4) is 0 Å². The minimum absolute atomic E-state index is 0.0906. The number of nitrogens with zero attached hydrogens (tertiary/aromatic N) is 1. The Morgan fingerprint density at radius 3 is 2.72 bits per heavy atom. The smallest absolute Gasteiger partial charge is 0.254 e. The van der Waals surface area contributed by atoms with Crippen LogP contribution < -0.4 is 18.9 Å². The van der Waals surface area contributed by atoms with Gasteiger partial charge in [-0.1, -0.05) is 12.1 Å². The van der Waals surface area contributed by atoms with Crippen LogP contribution in [0.4, 0.5) is 0 Å². The lowest BCUT2D eigenvalue weighted by atomic mass is 10.1. The van der Waals surface area contributed by atoms with Gasteiger partial charge in [0.05, 0.1) is 13.2 Å². The van der Waals surface area contributed by atoms with Gasteiger partial charge in [0, 0.05) is 31.1 Å². The van der Waals surface area contributed by atoms with Crippen molar-refractivity contribution >= 4 is 5.91 Å². The van der Waals surface area contributed by atoms with Crippen LogP contribution in [0.15, 0.2) is 36.4 Å². The molecule has 0 saturated heterocycles. The summed E-state index contributed by atoms with van der Waals surface area (Å²) in [6, 6.07) is 11.0. The van der Waals surface area contributed by atoms with Gasteiger partial charge in [-0.15, -0.1) is 0 Å². The summed E-state index contributed by atoms with van der Waals surface area (Å²) in [5, 5.41) is 0. The molecule has 2 aliphatic rings. The normalized spacial score (nSPS) is 14.8. The summed E-state index contributed by atoms with van der Waals surface area (Å²) in [5.41, 5.74) is 1.48. The van der Waals surface area contributed by atoms with E-state index in [1.54, 1.807) is 30.1 Å². The van der Waals surface area contributed by atoms with Gasteiger partial charge in [0.15, 0.2) is 23.0 Å². The summed E-state index contributed by atoms with van der Waals surface area (Å²) in [4.78, 5) is 14.4. The number of rotatable bonds is 3. The maximum absolute atomic E-state index is 12.8. The van der Waals surface area contributed by atoms with Crippen molar-refractivity contribution in [3.05, 3.63) is 47.5 Å². The van der Waals surface area contributed by atoms with Gasteiger partial charge in [-0.25, -0.2) is 0 Å². The molecule has 0 N–H and O–H groups in total. The van der Waals surface area contributed by atoms with Gasteiger partial charge in [0.2, 0.25) is 6.79 Å². The summed E-state index contributed by atoms with van der Waals surface area (Å²) < 4.78 is 22.2. The second kappa shape index (κ2) is 6.55. The second-order valence-electron chi connectivity index (χ2n) is 6.02. The number of fused-ring (bicyclic) bond motifs is 2. The lowest BCUT2D eigenvalue weighted by Crippen LogP contribution is -2.26. The molecular weight excluding hydrogens is 322 g/mol. The molecule has 2 aromatic rings. The number of carbonyl (C=O) groups excluding carboxylic acids is 1. The molecule has 0 aliphatic carbocycles. The zero-order valence-electron chi connectivity index (χ0n) is 14.0. The van der Waals surface area contributed by atoms with E-state index in [1.165, 1.54) is 0 Å². The lowest BCUT2D eigenvalue weighted by Gasteiger charge is -2.19. The third-order valence-corrected chi connectivity index (χ3v) is 4.23. The monoisotopic (exact) mass is 341 g/mol. The van der Waals surface area contributed by atoms with E-state index in [-0.39, 0.29) is 12.7 Å². The largest absolute Gasteiger partial charge is 0.490 e. The predicted molar refractivity (Wildman–Crippen MR) is 90.4 cm³/mol. The number of carbonyl (C=O) groups is 1. The quantitative estimate of drug-likeness (QED) is 0.859. The van der Waals surface area contributed by atoms with Crippen LogP contribution in [0.5, 0.6) is 23.0 Å². The third kappa shape index (κ3) is 3.07. The van der Waals surface area contributed by atoms with E-state index < -0.39 is 0 Å².